The van der Waals surface area contributed by atoms with Crippen molar-refractivity contribution in [2.75, 3.05) is 42.6 Å². The molecule has 2 amide bonds. The Labute approximate surface area is 182 Å². The van der Waals surface area contributed by atoms with Crippen LogP contribution in [0.25, 0.3) is 0 Å². The molecule has 0 bridgehead atoms. The summed E-state index contributed by atoms with van der Waals surface area (Å²) >= 11 is 6.25. The molecule has 0 spiro atoms. The van der Waals surface area contributed by atoms with Crippen molar-refractivity contribution in [1.82, 2.24) is 14.2 Å². The topological polar surface area (TPSA) is 94.6 Å². The molecule has 162 valence electrons. The summed E-state index contributed by atoms with van der Waals surface area (Å²) in [5.41, 5.74) is 2.95. The third kappa shape index (κ3) is 5.91. The SMILES string of the molecule is CCS(=O)(=O)N1CCN(Cc2ccc(Cl)c(NC(=O)Nc3ccc(C)nc3)c2)CC1. The quantitative estimate of drug-likeness (QED) is 0.703. The highest BCUT2D eigenvalue weighted by atomic mass is 35.5. The number of hydrogen-bond acceptors (Lipinski definition) is 5. The molecule has 30 heavy (non-hydrogen) atoms. The fourth-order valence-corrected chi connectivity index (χ4v) is 4.45. The molecule has 1 fully saturated rings. The number of nitrogens with zero attached hydrogens (tertiary/aromatic N) is 3. The first kappa shape index (κ1) is 22.5. The lowest BCUT2D eigenvalue weighted by Gasteiger charge is -2.33. The molecule has 1 aromatic heterocycles. The maximum absolute atomic E-state index is 12.3. The maximum Gasteiger partial charge on any atom is 0.323 e. The molecule has 0 atom stereocenters. The second-order valence-corrected chi connectivity index (χ2v) is 9.82. The van der Waals surface area contributed by atoms with Gasteiger partial charge in [0.15, 0.2) is 0 Å². The van der Waals surface area contributed by atoms with Crippen LogP contribution in [0.2, 0.25) is 5.02 Å². The van der Waals surface area contributed by atoms with Crippen LogP contribution in [0.3, 0.4) is 0 Å². The number of amides is 2. The van der Waals surface area contributed by atoms with Crippen LogP contribution >= 0.6 is 11.6 Å². The molecule has 3 rings (SSSR count). The first-order valence-electron chi connectivity index (χ1n) is 9.76. The molecule has 0 saturated carbocycles. The van der Waals surface area contributed by atoms with E-state index in [-0.39, 0.29) is 5.75 Å². The Hall–Kier alpha value is -2.20. The predicted octanol–water partition coefficient (Wildman–Crippen LogP) is 3.15. The summed E-state index contributed by atoms with van der Waals surface area (Å²) in [6.07, 6.45) is 1.59. The minimum absolute atomic E-state index is 0.125. The van der Waals surface area contributed by atoms with Crippen LogP contribution in [0.5, 0.6) is 0 Å². The van der Waals surface area contributed by atoms with Crippen LogP contribution in [0.4, 0.5) is 16.2 Å². The number of rotatable bonds is 6. The monoisotopic (exact) mass is 451 g/mol. The van der Waals surface area contributed by atoms with E-state index in [4.69, 9.17) is 11.6 Å². The molecule has 8 nitrogen and oxygen atoms in total. The van der Waals surface area contributed by atoms with Gasteiger partial charge in [0.25, 0.3) is 0 Å². The van der Waals surface area contributed by atoms with E-state index in [2.05, 4.69) is 20.5 Å². The number of urea groups is 1. The number of halogens is 1. The number of aromatic nitrogens is 1. The molecule has 1 aromatic carbocycles. The third-order valence-corrected chi connectivity index (χ3v) is 7.15. The normalized spacial score (nSPS) is 15.7. The summed E-state index contributed by atoms with van der Waals surface area (Å²) in [4.78, 5) is 18.6. The Balaban J connectivity index is 1.58. The first-order valence-corrected chi connectivity index (χ1v) is 11.7. The largest absolute Gasteiger partial charge is 0.323 e. The van der Waals surface area contributed by atoms with E-state index >= 15 is 0 Å². The minimum Gasteiger partial charge on any atom is -0.306 e. The number of benzene rings is 1. The number of hydrogen-bond donors (Lipinski definition) is 2. The average Bonchev–Trinajstić information content (AvgIpc) is 2.72. The predicted molar refractivity (Wildman–Crippen MR) is 119 cm³/mol. The van der Waals surface area contributed by atoms with Crippen molar-refractivity contribution in [1.29, 1.82) is 0 Å². The molecule has 2 N–H and O–H groups in total. The van der Waals surface area contributed by atoms with Crippen molar-refractivity contribution in [3.05, 3.63) is 52.8 Å². The van der Waals surface area contributed by atoms with Crippen LogP contribution in [0, 0.1) is 6.92 Å². The Kier molecular flexibility index (Phi) is 7.30. The van der Waals surface area contributed by atoms with Gasteiger partial charge in [-0.2, -0.15) is 4.31 Å². The summed E-state index contributed by atoms with van der Waals surface area (Å²) in [7, 11) is -3.14. The maximum atomic E-state index is 12.3. The van der Waals surface area contributed by atoms with Crippen LogP contribution in [0.1, 0.15) is 18.2 Å². The molecule has 0 radical (unpaired) electrons. The van der Waals surface area contributed by atoms with E-state index in [1.54, 1.807) is 29.6 Å². The number of nitrogens with one attached hydrogen (secondary N) is 2. The molecular weight excluding hydrogens is 426 g/mol. The highest BCUT2D eigenvalue weighted by molar-refractivity contribution is 7.89. The summed E-state index contributed by atoms with van der Waals surface area (Å²) in [5, 5.41) is 5.94. The van der Waals surface area contributed by atoms with Gasteiger partial charge < -0.3 is 10.6 Å². The molecule has 0 aliphatic carbocycles. The molecule has 1 saturated heterocycles. The molecule has 1 aliphatic heterocycles. The lowest BCUT2D eigenvalue weighted by molar-refractivity contribution is 0.182. The van der Waals surface area contributed by atoms with Crippen molar-refractivity contribution in [3.8, 4) is 0 Å². The van der Waals surface area contributed by atoms with E-state index in [9.17, 15) is 13.2 Å². The number of anilines is 2. The summed E-state index contributed by atoms with van der Waals surface area (Å²) in [6, 6.07) is 8.68. The smallest absolute Gasteiger partial charge is 0.306 e. The van der Waals surface area contributed by atoms with Gasteiger partial charge in [-0.05, 0) is 43.7 Å². The summed E-state index contributed by atoms with van der Waals surface area (Å²) in [6.45, 7) is 6.48. The van der Waals surface area contributed by atoms with Gasteiger partial charge in [-0.1, -0.05) is 17.7 Å². The number of sulfonamides is 1. The fraction of sp³-hybridized carbons (Fsp3) is 0.400. The molecule has 10 heteroatoms. The standard InChI is InChI=1S/C20H26ClN5O3S/c1-3-30(28,29)26-10-8-25(9-11-26)14-16-5-7-18(21)19(12-16)24-20(27)23-17-6-4-15(2)22-13-17/h4-7,12-13H,3,8-11,14H2,1-2H3,(H2,23,24,27). The van der Waals surface area contributed by atoms with Crippen molar-refractivity contribution >= 4 is 39.0 Å². The van der Waals surface area contributed by atoms with Gasteiger partial charge in [0, 0.05) is 38.4 Å². The number of piperazine rings is 1. The summed E-state index contributed by atoms with van der Waals surface area (Å²) < 4.78 is 25.5. The van der Waals surface area contributed by atoms with E-state index in [1.165, 1.54) is 0 Å². The summed E-state index contributed by atoms with van der Waals surface area (Å²) in [5.74, 6) is 0.125. The molecule has 2 heterocycles. The number of carbonyl (C=O) groups excluding carboxylic acids is 1. The fourth-order valence-electron chi connectivity index (χ4n) is 3.20. The zero-order valence-electron chi connectivity index (χ0n) is 17.1. The zero-order chi connectivity index (χ0) is 21.7. The third-order valence-electron chi connectivity index (χ3n) is 4.94. The number of aryl methyl sites for hydroxylation is 1. The van der Waals surface area contributed by atoms with Gasteiger partial charge in [0.2, 0.25) is 10.0 Å². The van der Waals surface area contributed by atoms with Crippen molar-refractivity contribution in [2.24, 2.45) is 0 Å². The van der Waals surface area contributed by atoms with Gasteiger partial charge in [-0.25, -0.2) is 13.2 Å². The van der Waals surface area contributed by atoms with Crippen molar-refractivity contribution in [2.45, 2.75) is 20.4 Å². The Morgan fingerprint density at radius 2 is 1.87 bits per heavy atom. The first-order chi connectivity index (χ1) is 14.3. The number of pyridine rings is 1. The van der Waals surface area contributed by atoms with Crippen LogP contribution in [0.15, 0.2) is 36.5 Å². The molecule has 1 aliphatic rings. The Bertz CT molecular complexity index is 990. The van der Waals surface area contributed by atoms with E-state index in [0.29, 0.717) is 49.1 Å². The molecular formula is C20H26ClN5O3S. The highest BCUT2D eigenvalue weighted by Crippen LogP contribution is 2.24. The van der Waals surface area contributed by atoms with Crippen molar-refractivity contribution in [3.63, 3.8) is 0 Å². The van der Waals surface area contributed by atoms with E-state index in [1.807, 2.05) is 25.1 Å². The van der Waals surface area contributed by atoms with Gasteiger partial charge in [-0.15, -0.1) is 0 Å². The number of carbonyl (C=O) groups is 1. The van der Waals surface area contributed by atoms with Crippen LogP contribution in [-0.4, -0.2) is 60.6 Å². The van der Waals surface area contributed by atoms with E-state index < -0.39 is 16.1 Å². The van der Waals surface area contributed by atoms with Gasteiger partial charge in [-0.3, -0.25) is 9.88 Å². The van der Waals surface area contributed by atoms with Gasteiger partial charge >= 0.3 is 6.03 Å². The van der Waals surface area contributed by atoms with Crippen LogP contribution < -0.4 is 10.6 Å². The second kappa shape index (κ2) is 9.74. The average molecular weight is 452 g/mol. The Morgan fingerprint density at radius 1 is 1.13 bits per heavy atom. The second-order valence-electron chi connectivity index (χ2n) is 7.16. The highest BCUT2D eigenvalue weighted by Gasteiger charge is 2.25. The van der Waals surface area contributed by atoms with Gasteiger partial charge in [0.05, 0.1) is 28.3 Å². The lowest BCUT2D eigenvalue weighted by Crippen LogP contribution is -2.48. The molecule has 0 unspecified atom stereocenters. The van der Waals surface area contributed by atoms with Crippen molar-refractivity contribution < 1.29 is 13.2 Å². The minimum atomic E-state index is -3.14. The zero-order valence-corrected chi connectivity index (χ0v) is 18.6. The van der Waals surface area contributed by atoms with Gasteiger partial charge in [0.1, 0.15) is 0 Å². The molecule has 2 aromatic rings. The Morgan fingerprint density at radius 3 is 2.50 bits per heavy atom. The van der Waals surface area contributed by atoms with E-state index in [0.717, 1.165) is 11.3 Å². The lowest BCUT2D eigenvalue weighted by atomic mass is 10.1. The van der Waals surface area contributed by atoms with Crippen LogP contribution in [-0.2, 0) is 16.6 Å².